The van der Waals surface area contributed by atoms with Crippen LogP contribution in [0.5, 0.6) is 0 Å². The third-order valence-corrected chi connectivity index (χ3v) is 4.57. The average molecular weight is 286 g/mol. The highest BCUT2D eigenvalue weighted by molar-refractivity contribution is 5.92. The SMILES string of the molecule is O=CC1CCN(CC(=O)Nc2ccc3c(c2)CCC3)CC1. The van der Waals surface area contributed by atoms with E-state index in [1.165, 1.54) is 17.5 Å². The summed E-state index contributed by atoms with van der Waals surface area (Å²) < 4.78 is 0. The van der Waals surface area contributed by atoms with Crippen LogP contribution in [0.1, 0.15) is 30.4 Å². The van der Waals surface area contributed by atoms with Crippen LogP contribution in [-0.2, 0) is 22.4 Å². The van der Waals surface area contributed by atoms with E-state index in [0.29, 0.717) is 6.54 Å². The van der Waals surface area contributed by atoms with Crippen LogP contribution in [0.3, 0.4) is 0 Å². The molecule has 112 valence electrons. The monoisotopic (exact) mass is 286 g/mol. The molecule has 0 aromatic heterocycles. The molecule has 0 unspecified atom stereocenters. The third-order valence-electron chi connectivity index (χ3n) is 4.57. The third kappa shape index (κ3) is 3.50. The van der Waals surface area contributed by atoms with Crippen molar-refractivity contribution in [3.63, 3.8) is 0 Å². The molecule has 1 aromatic rings. The quantitative estimate of drug-likeness (QED) is 0.862. The van der Waals surface area contributed by atoms with Crippen LogP contribution >= 0.6 is 0 Å². The number of aryl methyl sites for hydroxylation is 2. The summed E-state index contributed by atoms with van der Waals surface area (Å²) in [6.07, 6.45) is 6.29. The summed E-state index contributed by atoms with van der Waals surface area (Å²) in [6.45, 7) is 2.09. The Balaban J connectivity index is 1.51. The molecule has 0 spiro atoms. The number of amides is 1. The normalized spacial score (nSPS) is 19.2. The number of rotatable bonds is 4. The number of likely N-dealkylation sites (tertiary alicyclic amines) is 1. The minimum atomic E-state index is 0.0394. The van der Waals surface area contributed by atoms with Crippen molar-refractivity contribution in [1.82, 2.24) is 4.90 Å². The second-order valence-corrected chi connectivity index (χ2v) is 6.13. The van der Waals surface area contributed by atoms with Gasteiger partial charge in [0.25, 0.3) is 0 Å². The van der Waals surface area contributed by atoms with Crippen LogP contribution in [0.25, 0.3) is 0 Å². The lowest BCUT2D eigenvalue weighted by molar-refractivity contribution is -0.117. The number of piperidine rings is 1. The highest BCUT2D eigenvalue weighted by Crippen LogP contribution is 2.25. The van der Waals surface area contributed by atoms with Crippen molar-refractivity contribution in [2.75, 3.05) is 25.0 Å². The number of hydrogen-bond donors (Lipinski definition) is 1. The van der Waals surface area contributed by atoms with Crippen molar-refractivity contribution in [1.29, 1.82) is 0 Å². The largest absolute Gasteiger partial charge is 0.325 e. The summed E-state index contributed by atoms with van der Waals surface area (Å²) in [7, 11) is 0. The standard InChI is InChI=1S/C17H22N2O2/c20-12-13-6-8-19(9-7-13)11-17(21)18-16-5-4-14-2-1-3-15(14)10-16/h4-5,10,12-13H,1-3,6-9,11H2,(H,18,21). The first-order chi connectivity index (χ1) is 10.2. The molecule has 1 saturated heterocycles. The van der Waals surface area contributed by atoms with Crippen molar-refractivity contribution in [3.8, 4) is 0 Å². The number of anilines is 1. The lowest BCUT2D eigenvalue weighted by Gasteiger charge is -2.28. The number of aldehydes is 1. The predicted octanol–water partition coefficient (Wildman–Crippen LogP) is 2.02. The van der Waals surface area contributed by atoms with Crippen molar-refractivity contribution in [3.05, 3.63) is 29.3 Å². The van der Waals surface area contributed by atoms with Crippen molar-refractivity contribution >= 4 is 17.9 Å². The fraction of sp³-hybridized carbons (Fsp3) is 0.529. The van der Waals surface area contributed by atoms with E-state index in [1.54, 1.807) is 0 Å². The lowest BCUT2D eigenvalue weighted by atomic mass is 9.99. The van der Waals surface area contributed by atoms with E-state index in [-0.39, 0.29) is 11.8 Å². The van der Waals surface area contributed by atoms with Crippen LogP contribution < -0.4 is 5.32 Å². The Morgan fingerprint density at radius 2 is 2.00 bits per heavy atom. The number of benzene rings is 1. The molecule has 1 amide bonds. The molecule has 0 saturated carbocycles. The Hall–Kier alpha value is -1.68. The number of nitrogens with one attached hydrogen (secondary N) is 1. The summed E-state index contributed by atoms with van der Waals surface area (Å²) in [6, 6.07) is 6.24. The molecule has 0 radical (unpaired) electrons. The first-order valence-electron chi connectivity index (χ1n) is 7.84. The van der Waals surface area contributed by atoms with E-state index in [4.69, 9.17) is 0 Å². The molecule has 1 fully saturated rings. The maximum atomic E-state index is 12.1. The van der Waals surface area contributed by atoms with Crippen LogP contribution in [-0.4, -0.2) is 36.7 Å². The molecule has 3 rings (SSSR count). The topological polar surface area (TPSA) is 49.4 Å². The highest BCUT2D eigenvalue weighted by atomic mass is 16.2. The van der Waals surface area contributed by atoms with Gasteiger partial charge in [-0.05, 0) is 68.5 Å². The van der Waals surface area contributed by atoms with E-state index in [9.17, 15) is 9.59 Å². The summed E-state index contributed by atoms with van der Waals surface area (Å²) in [5.41, 5.74) is 3.70. The number of carbonyl (C=O) groups excluding carboxylic acids is 2. The second-order valence-electron chi connectivity index (χ2n) is 6.13. The maximum Gasteiger partial charge on any atom is 0.238 e. The number of carbonyl (C=O) groups is 2. The van der Waals surface area contributed by atoms with E-state index in [1.807, 2.05) is 6.07 Å². The summed E-state index contributed by atoms with van der Waals surface area (Å²) in [5.74, 6) is 0.221. The molecular formula is C17H22N2O2. The van der Waals surface area contributed by atoms with E-state index < -0.39 is 0 Å². The first-order valence-corrected chi connectivity index (χ1v) is 7.84. The van der Waals surface area contributed by atoms with Gasteiger partial charge in [-0.15, -0.1) is 0 Å². The molecule has 1 N–H and O–H groups in total. The van der Waals surface area contributed by atoms with Gasteiger partial charge >= 0.3 is 0 Å². The zero-order valence-corrected chi connectivity index (χ0v) is 12.3. The fourth-order valence-electron chi connectivity index (χ4n) is 3.30. The van der Waals surface area contributed by atoms with Crippen molar-refractivity contribution < 1.29 is 9.59 Å². The Kier molecular flexibility index (Phi) is 4.34. The molecule has 4 heteroatoms. The lowest BCUT2D eigenvalue weighted by Crippen LogP contribution is -2.39. The van der Waals surface area contributed by atoms with Gasteiger partial charge in [0, 0.05) is 11.6 Å². The van der Waals surface area contributed by atoms with Gasteiger partial charge in [0.15, 0.2) is 0 Å². The molecule has 21 heavy (non-hydrogen) atoms. The molecule has 0 atom stereocenters. The fourth-order valence-corrected chi connectivity index (χ4v) is 3.30. The van der Waals surface area contributed by atoms with E-state index in [0.717, 1.165) is 50.7 Å². The molecule has 2 aliphatic rings. The molecule has 4 nitrogen and oxygen atoms in total. The van der Waals surface area contributed by atoms with E-state index in [2.05, 4.69) is 22.3 Å². The van der Waals surface area contributed by atoms with E-state index >= 15 is 0 Å². The number of hydrogen-bond acceptors (Lipinski definition) is 3. The second kappa shape index (κ2) is 6.39. The Labute approximate surface area is 125 Å². The summed E-state index contributed by atoms with van der Waals surface area (Å²) >= 11 is 0. The Morgan fingerprint density at radius 1 is 1.24 bits per heavy atom. The number of fused-ring (bicyclic) bond motifs is 1. The highest BCUT2D eigenvalue weighted by Gasteiger charge is 2.20. The maximum absolute atomic E-state index is 12.1. The molecule has 1 heterocycles. The van der Waals surface area contributed by atoms with Crippen LogP contribution in [0.15, 0.2) is 18.2 Å². The van der Waals surface area contributed by atoms with Gasteiger partial charge in [0.1, 0.15) is 6.29 Å². The molecular weight excluding hydrogens is 264 g/mol. The predicted molar refractivity (Wildman–Crippen MR) is 82.3 cm³/mol. The van der Waals surface area contributed by atoms with Crippen LogP contribution in [0.2, 0.25) is 0 Å². The Bertz CT molecular complexity index is 534. The van der Waals surface area contributed by atoms with Gasteiger partial charge < -0.3 is 10.1 Å². The molecule has 0 bridgehead atoms. The van der Waals surface area contributed by atoms with Crippen LogP contribution in [0, 0.1) is 5.92 Å². The van der Waals surface area contributed by atoms with Gasteiger partial charge in [-0.25, -0.2) is 0 Å². The first kappa shape index (κ1) is 14.3. The average Bonchev–Trinajstić information content (AvgIpc) is 2.95. The zero-order chi connectivity index (χ0) is 14.7. The van der Waals surface area contributed by atoms with Gasteiger partial charge in [-0.3, -0.25) is 9.69 Å². The zero-order valence-electron chi connectivity index (χ0n) is 12.3. The Morgan fingerprint density at radius 3 is 2.76 bits per heavy atom. The van der Waals surface area contributed by atoms with Gasteiger partial charge in [-0.1, -0.05) is 6.07 Å². The summed E-state index contributed by atoms with van der Waals surface area (Å²) in [5, 5.41) is 2.99. The molecule has 1 aliphatic heterocycles. The smallest absolute Gasteiger partial charge is 0.238 e. The minimum absolute atomic E-state index is 0.0394. The van der Waals surface area contributed by atoms with Gasteiger partial charge in [0.05, 0.1) is 6.54 Å². The van der Waals surface area contributed by atoms with Crippen LogP contribution in [0.4, 0.5) is 5.69 Å². The van der Waals surface area contributed by atoms with Gasteiger partial charge in [0.2, 0.25) is 5.91 Å². The van der Waals surface area contributed by atoms with Gasteiger partial charge in [-0.2, -0.15) is 0 Å². The van der Waals surface area contributed by atoms with Crippen molar-refractivity contribution in [2.45, 2.75) is 32.1 Å². The minimum Gasteiger partial charge on any atom is -0.325 e. The summed E-state index contributed by atoms with van der Waals surface area (Å²) in [4.78, 5) is 25.0. The number of nitrogens with zero attached hydrogens (tertiary/aromatic N) is 1. The molecule has 1 aliphatic carbocycles. The van der Waals surface area contributed by atoms with Crippen molar-refractivity contribution in [2.24, 2.45) is 5.92 Å². The molecule has 1 aromatic carbocycles.